The highest BCUT2D eigenvalue weighted by molar-refractivity contribution is 4.75. The van der Waals surface area contributed by atoms with Crippen molar-refractivity contribution in [2.75, 3.05) is 13.2 Å². The Morgan fingerprint density at radius 2 is 2.42 bits per heavy atom. The first-order valence-corrected chi connectivity index (χ1v) is 4.48. The van der Waals surface area contributed by atoms with Crippen LogP contribution in [0.1, 0.15) is 19.8 Å². The fourth-order valence-corrected chi connectivity index (χ4v) is 1.70. The molecule has 1 fully saturated rings. The van der Waals surface area contributed by atoms with Gasteiger partial charge in [0.2, 0.25) is 0 Å². The average Bonchev–Trinajstić information content (AvgIpc) is 2.56. The van der Waals surface area contributed by atoms with Crippen LogP contribution in [0.3, 0.4) is 0 Å². The number of hydrogen-bond acceptors (Lipinski definition) is 5. The number of hydrazine groups is 1. The van der Waals surface area contributed by atoms with Crippen LogP contribution in [0, 0.1) is 5.92 Å². The predicted molar refractivity (Wildman–Crippen MR) is 44.9 cm³/mol. The van der Waals surface area contributed by atoms with Crippen LogP contribution in [0.2, 0.25) is 0 Å². The monoisotopic (exact) mass is 169 g/mol. The lowest BCUT2D eigenvalue weighted by Gasteiger charge is -2.32. The van der Waals surface area contributed by atoms with Crippen LogP contribution in [0.15, 0.2) is 10.3 Å². The third-order valence-electron chi connectivity index (χ3n) is 2.48. The van der Waals surface area contributed by atoms with Crippen molar-refractivity contribution in [3.8, 4) is 0 Å². The molecule has 2 atom stereocenters. The van der Waals surface area contributed by atoms with Crippen molar-refractivity contribution in [3.05, 3.63) is 0 Å². The van der Waals surface area contributed by atoms with Gasteiger partial charge in [0.1, 0.15) is 6.67 Å². The van der Waals surface area contributed by atoms with Gasteiger partial charge in [0.25, 0.3) is 0 Å². The molecular weight excluding hydrogens is 154 g/mol. The van der Waals surface area contributed by atoms with E-state index in [-0.39, 0.29) is 0 Å². The van der Waals surface area contributed by atoms with Gasteiger partial charge in [-0.05, 0) is 25.3 Å². The van der Waals surface area contributed by atoms with E-state index in [0.29, 0.717) is 12.8 Å². The Kier molecular flexibility index (Phi) is 2.23. The summed E-state index contributed by atoms with van der Waals surface area (Å²) in [5, 5.41) is 13.1. The molecule has 1 saturated heterocycles. The summed E-state index contributed by atoms with van der Waals surface area (Å²) < 4.78 is 0. The van der Waals surface area contributed by atoms with Crippen molar-refractivity contribution in [2.45, 2.75) is 25.9 Å². The quantitative estimate of drug-likeness (QED) is 0.600. The highest BCUT2D eigenvalue weighted by atomic mass is 15.8. The molecule has 12 heavy (non-hydrogen) atoms. The molecule has 0 aliphatic carbocycles. The summed E-state index contributed by atoms with van der Waals surface area (Å²) in [4.78, 5) is 0. The van der Waals surface area contributed by atoms with Crippen LogP contribution in [-0.2, 0) is 0 Å². The van der Waals surface area contributed by atoms with Gasteiger partial charge in [-0.15, -0.1) is 0 Å². The summed E-state index contributed by atoms with van der Waals surface area (Å²) in [6.45, 7) is 4.06. The van der Waals surface area contributed by atoms with Gasteiger partial charge in [0.05, 0.1) is 6.17 Å². The number of nitrogens with zero attached hydrogens (tertiary/aromatic N) is 3. The molecule has 2 aliphatic heterocycles. The molecule has 5 nitrogen and oxygen atoms in total. The SMILES string of the molecule is C[C@H]1CCN[C@H](N2CN=NN2)C1. The molecule has 2 rings (SSSR count). The van der Waals surface area contributed by atoms with Crippen LogP contribution in [-0.4, -0.2) is 24.4 Å². The second kappa shape index (κ2) is 3.37. The third-order valence-corrected chi connectivity index (χ3v) is 2.48. The fourth-order valence-electron chi connectivity index (χ4n) is 1.70. The molecule has 0 aromatic heterocycles. The molecule has 0 amide bonds. The first kappa shape index (κ1) is 7.94. The van der Waals surface area contributed by atoms with Crippen molar-refractivity contribution < 1.29 is 0 Å². The smallest absolute Gasteiger partial charge is 0.135 e. The molecule has 0 unspecified atom stereocenters. The predicted octanol–water partition coefficient (Wildman–Crippen LogP) is 0.477. The van der Waals surface area contributed by atoms with Crippen LogP contribution < -0.4 is 10.9 Å². The van der Waals surface area contributed by atoms with Gasteiger partial charge >= 0.3 is 0 Å². The zero-order valence-electron chi connectivity index (χ0n) is 7.32. The molecule has 0 aromatic carbocycles. The standard InChI is InChI=1S/C7H15N5/c1-6-2-3-8-7(4-6)12-5-9-10-11-12/h6-8H,2-5H2,1H3,(H,9,11)/t6-,7+/m0/s1. The van der Waals surface area contributed by atoms with Crippen LogP contribution in [0.25, 0.3) is 0 Å². The van der Waals surface area contributed by atoms with Crippen molar-refractivity contribution in [1.82, 2.24) is 15.9 Å². The first-order chi connectivity index (χ1) is 5.86. The molecule has 2 heterocycles. The molecule has 0 aromatic rings. The van der Waals surface area contributed by atoms with Gasteiger partial charge < -0.3 is 5.32 Å². The van der Waals surface area contributed by atoms with Crippen LogP contribution in [0.4, 0.5) is 0 Å². The Bertz CT molecular complexity index is 173. The first-order valence-electron chi connectivity index (χ1n) is 4.48. The summed E-state index contributed by atoms with van der Waals surface area (Å²) in [6.07, 6.45) is 2.86. The zero-order chi connectivity index (χ0) is 8.39. The molecule has 0 spiro atoms. The lowest BCUT2D eigenvalue weighted by Crippen LogP contribution is -2.52. The van der Waals surface area contributed by atoms with E-state index in [4.69, 9.17) is 0 Å². The van der Waals surface area contributed by atoms with Gasteiger partial charge in [-0.3, -0.25) is 0 Å². The van der Waals surface area contributed by atoms with Gasteiger partial charge in [0.15, 0.2) is 0 Å². The lowest BCUT2D eigenvalue weighted by atomic mass is 9.98. The number of hydrogen-bond donors (Lipinski definition) is 2. The molecular formula is C7H15N5. The number of rotatable bonds is 1. The summed E-state index contributed by atoms with van der Waals surface area (Å²) in [5.41, 5.74) is 2.88. The minimum atomic E-state index is 0.406. The summed E-state index contributed by atoms with van der Waals surface area (Å²) in [5.74, 6) is 0.804. The van der Waals surface area contributed by atoms with Crippen molar-refractivity contribution in [2.24, 2.45) is 16.3 Å². The Labute approximate surface area is 72.2 Å². The average molecular weight is 169 g/mol. The second-order valence-corrected chi connectivity index (χ2v) is 3.55. The van der Waals surface area contributed by atoms with Crippen molar-refractivity contribution in [1.29, 1.82) is 0 Å². The van der Waals surface area contributed by atoms with Crippen molar-refractivity contribution >= 4 is 0 Å². The topological polar surface area (TPSA) is 52.0 Å². The third kappa shape index (κ3) is 1.56. The van der Waals surface area contributed by atoms with Gasteiger partial charge in [-0.25, -0.2) is 5.53 Å². The normalized spacial score (nSPS) is 36.8. The fraction of sp³-hybridized carbons (Fsp3) is 1.00. The minimum Gasteiger partial charge on any atom is -0.300 e. The van der Waals surface area contributed by atoms with Gasteiger partial charge in [0, 0.05) is 0 Å². The summed E-state index contributed by atoms with van der Waals surface area (Å²) in [7, 11) is 0. The molecule has 0 bridgehead atoms. The van der Waals surface area contributed by atoms with E-state index in [1.54, 1.807) is 0 Å². The minimum absolute atomic E-state index is 0.406. The van der Waals surface area contributed by atoms with E-state index in [0.717, 1.165) is 12.5 Å². The number of nitrogens with one attached hydrogen (secondary N) is 2. The van der Waals surface area contributed by atoms with Gasteiger partial charge in [-0.2, -0.15) is 10.1 Å². The van der Waals surface area contributed by atoms with E-state index < -0.39 is 0 Å². The highest BCUT2D eigenvalue weighted by Gasteiger charge is 2.25. The van der Waals surface area contributed by atoms with Crippen molar-refractivity contribution in [3.63, 3.8) is 0 Å². The maximum atomic E-state index is 3.86. The highest BCUT2D eigenvalue weighted by Crippen LogP contribution is 2.17. The van der Waals surface area contributed by atoms with Crippen LogP contribution >= 0.6 is 0 Å². The summed E-state index contributed by atoms with van der Waals surface area (Å²) >= 11 is 0. The van der Waals surface area contributed by atoms with E-state index in [1.165, 1.54) is 12.8 Å². The maximum Gasteiger partial charge on any atom is 0.135 e. The molecule has 2 N–H and O–H groups in total. The summed E-state index contributed by atoms with van der Waals surface area (Å²) in [6, 6.07) is 0. The molecule has 0 radical (unpaired) electrons. The Morgan fingerprint density at radius 3 is 3.08 bits per heavy atom. The van der Waals surface area contributed by atoms with Crippen LogP contribution in [0.5, 0.6) is 0 Å². The second-order valence-electron chi connectivity index (χ2n) is 3.55. The molecule has 68 valence electrons. The molecule has 0 saturated carbocycles. The maximum absolute atomic E-state index is 3.86. The van der Waals surface area contributed by atoms with Gasteiger partial charge in [-0.1, -0.05) is 12.1 Å². The molecule has 5 heteroatoms. The van der Waals surface area contributed by atoms with E-state index in [2.05, 4.69) is 28.1 Å². The Balaban J connectivity index is 1.86. The zero-order valence-corrected chi connectivity index (χ0v) is 7.32. The molecule has 2 aliphatic rings. The van der Waals surface area contributed by atoms with E-state index in [9.17, 15) is 0 Å². The number of piperidine rings is 1. The van der Waals surface area contributed by atoms with E-state index >= 15 is 0 Å². The van der Waals surface area contributed by atoms with E-state index in [1.807, 2.05) is 5.01 Å². The largest absolute Gasteiger partial charge is 0.300 e. The lowest BCUT2D eigenvalue weighted by molar-refractivity contribution is 0.0915. The Morgan fingerprint density at radius 1 is 1.50 bits per heavy atom. The Hall–Kier alpha value is -0.680.